The van der Waals surface area contributed by atoms with E-state index in [1.807, 2.05) is 44.2 Å². The average molecular weight is 304 g/mol. The molecule has 0 N–H and O–H groups in total. The number of hydrogen-bond donors (Lipinski definition) is 0. The second kappa shape index (κ2) is 6.87. The molecule has 0 aromatic heterocycles. The highest BCUT2D eigenvalue weighted by Crippen LogP contribution is 2.22. The summed E-state index contributed by atoms with van der Waals surface area (Å²) in [4.78, 5) is 0.205. The molecule has 0 radical (unpaired) electrons. The maximum atomic E-state index is 12.2. The van der Waals surface area contributed by atoms with Crippen molar-refractivity contribution in [3.05, 3.63) is 65.7 Å². The van der Waals surface area contributed by atoms with Crippen molar-refractivity contribution in [1.29, 1.82) is 0 Å². The van der Waals surface area contributed by atoms with Crippen LogP contribution >= 0.6 is 0 Å². The van der Waals surface area contributed by atoms with Gasteiger partial charge in [-0.1, -0.05) is 55.0 Å². The molecule has 4 heteroatoms. The Kier molecular flexibility index (Phi) is 5.15. The van der Waals surface area contributed by atoms with E-state index in [9.17, 15) is 8.42 Å². The van der Waals surface area contributed by atoms with E-state index < -0.39 is 10.1 Å². The molecule has 2 aromatic carbocycles. The molecule has 112 valence electrons. The minimum Gasteiger partial charge on any atom is -0.266 e. The molecule has 0 bridgehead atoms. The molecule has 0 fully saturated rings. The predicted molar refractivity (Wildman–Crippen MR) is 83.8 cm³/mol. The van der Waals surface area contributed by atoms with Crippen LogP contribution in [0.25, 0.3) is 0 Å². The Morgan fingerprint density at radius 3 is 2.19 bits per heavy atom. The third-order valence-electron chi connectivity index (χ3n) is 3.50. The number of aryl methyl sites for hydroxylation is 1. The van der Waals surface area contributed by atoms with Crippen molar-refractivity contribution in [3.8, 4) is 0 Å². The molecule has 0 amide bonds. The van der Waals surface area contributed by atoms with E-state index in [0.29, 0.717) is 0 Å². The molecule has 1 atom stereocenters. The summed E-state index contributed by atoms with van der Waals surface area (Å²) >= 11 is 0. The lowest BCUT2D eigenvalue weighted by molar-refractivity contribution is 0.288. The van der Waals surface area contributed by atoms with Crippen LogP contribution in [0.5, 0.6) is 0 Å². The summed E-state index contributed by atoms with van der Waals surface area (Å²) in [5.74, 6) is 0.0754. The maximum Gasteiger partial charge on any atom is 0.296 e. The molecule has 21 heavy (non-hydrogen) atoms. The van der Waals surface area contributed by atoms with Gasteiger partial charge in [0.05, 0.1) is 11.5 Å². The van der Waals surface area contributed by atoms with E-state index in [-0.39, 0.29) is 17.4 Å². The lowest BCUT2D eigenvalue weighted by Crippen LogP contribution is -2.13. The molecule has 0 aliphatic rings. The number of hydrogen-bond acceptors (Lipinski definition) is 3. The second-order valence-electron chi connectivity index (χ2n) is 5.07. The van der Waals surface area contributed by atoms with Crippen molar-refractivity contribution >= 4 is 10.1 Å². The minimum absolute atomic E-state index is 0.0754. The summed E-state index contributed by atoms with van der Waals surface area (Å²) in [5, 5.41) is 0. The van der Waals surface area contributed by atoms with Crippen LogP contribution in [-0.2, 0) is 14.3 Å². The van der Waals surface area contributed by atoms with Gasteiger partial charge >= 0.3 is 0 Å². The van der Waals surface area contributed by atoms with E-state index in [1.165, 1.54) is 0 Å². The van der Waals surface area contributed by atoms with Gasteiger partial charge in [0.25, 0.3) is 10.1 Å². The molecular weight excluding hydrogens is 284 g/mol. The summed E-state index contributed by atoms with van der Waals surface area (Å²) < 4.78 is 29.6. The molecule has 2 rings (SSSR count). The highest BCUT2D eigenvalue weighted by atomic mass is 32.2. The molecule has 3 nitrogen and oxygen atoms in total. The van der Waals surface area contributed by atoms with Crippen LogP contribution in [0.3, 0.4) is 0 Å². The highest BCUT2D eigenvalue weighted by Gasteiger charge is 2.18. The van der Waals surface area contributed by atoms with Gasteiger partial charge in [-0.3, -0.25) is 4.18 Å². The van der Waals surface area contributed by atoms with E-state index >= 15 is 0 Å². The third-order valence-corrected chi connectivity index (χ3v) is 4.79. The monoisotopic (exact) mass is 304 g/mol. The zero-order valence-corrected chi connectivity index (χ0v) is 13.1. The number of rotatable bonds is 6. The molecule has 0 aliphatic carbocycles. The first-order chi connectivity index (χ1) is 10.0. The Labute approximate surface area is 126 Å². The van der Waals surface area contributed by atoms with Gasteiger partial charge < -0.3 is 0 Å². The van der Waals surface area contributed by atoms with Crippen molar-refractivity contribution < 1.29 is 12.6 Å². The minimum atomic E-state index is -3.69. The normalized spacial score (nSPS) is 13.0. The lowest BCUT2D eigenvalue weighted by atomic mass is 9.98. The average Bonchev–Trinajstić information content (AvgIpc) is 2.49. The van der Waals surface area contributed by atoms with Gasteiger partial charge in [0.2, 0.25) is 0 Å². The van der Waals surface area contributed by atoms with Gasteiger partial charge in [-0.2, -0.15) is 8.42 Å². The SMILES string of the molecule is CC[C@@H](COS(=O)(=O)c1ccc(C)cc1)c1ccccc1. The van der Waals surface area contributed by atoms with Crippen molar-refractivity contribution in [2.45, 2.75) is 31.1 Å². The first-order valence-electron chi connectivity index (χ1n) is 7.04. The maximum absolute atomic E-state index is 12.2. The predicted octanol–water partition coefficient (Wildman–Crippen LogP) is 3.89. The molecule has 0 unspecified atom stereocenters. The van der Waals surface area contributed by atoms with Gasteiger partial charge in [0.1, 0.15) is 0 Å². The molecule has 0 saturated heterocycles. The van der Waals surface area contributed by atoms with Gasteiger partial charge in [0, 0.05) is 5.92 Å². The molecular formula is C17H20O3S. The Hall–Kier alpha value is -1.65. The second-order valence-corrected chi connectivity index (χ2v) is 6.68. The van der Waals surface area contributed by atoms with Crippen LogP contribution in [-0.4, -0.2) is 15.0 Å². The highest BCUT2D eigenvalue weighted by molar-refractivity contribution is 7.86. The van der Waals surface area contributed by atoms with Crippen LogP contribution in [0.4, 0.5) is 0 Å². The summed E-state index contributed by atoms with van der Waals surface area (Å²) in [5.41, 5.74) is 2.11. The van der Waals surface area contributed by atoms with Crippen LogP contribution < -0.4 is 0 Å². The van der Waals surface area contributed by atoms with Gasteiger partial charge in [0.15, 0.2) is 0 Å². The fourth-order valence-corrected chi connectivity index (χ4v) is 3.07. The van der Waals surface area contributed by atoms with Crippen LogP contribution in [0.15, 0.2) is 59.5 Å². The smallest absolute Gasteiger partial charge is 0.266 e. The summed E-state index contributed by atoms with van der Waals surface area (Å²) in [6.07, 6.45) is 0.827. The van der Waals surface area contributed by atoms with Gasteiger partial charge in [-0.25, -0.2) is 0 Å². The van der Waals surface area contributed by atoms with Crippen molar-refractivity contribution in [2.24, 2.45) is 0 Å². The zero-order valence-electron chi connectivity index (χ0n) is 12.3. The topological polar surface area (TPSA) is 43.4 Å². The third kappa shape index (κ3) is 4.16. The molecule has 2 aromatic rings. The molecule has 0 aliphatic heterocycles. The first-order valence-corrected chi connectivity index (χ1v) is 8.45. The van der Waals surface area contributed by atoms with E-state index in [2.05, 4.69) is 0 Å². The van der Waals surface area contributed by atoms with Crippen LogP contribution in [0.2, 0.25) is 0 Å². The Morgan fingerprint density at radius 1 is 1.00 bits per heavy atom. The fraction of sp³-hybridized carbons (Fsp3) is 0.294. The van der Waals surface area contributed by atoms with Gasteiger partial charge in [-0.05, 0) is 31.0 Å². The molecule has 0 heterocycles. The quantitative estimate of drug-likeness (QED) is 0.760. The largest absolute Gasteiger partial charge is 0.296 e. The Morgan fingerprint density at radius 2 is 1.62 bits per heavy atom. The van der Waals surface area contributed by atoms with E-state index in [0.717, 1.165) is 17.5 Å². The van der Waals surface area contributed by atoms with Crippen LogP contribution in [0, 0.1) is 6.92 Å². The van der Waals surface area contributed by atoms with E-state index in [1.54, 1.807) is 24.3 Å². The van der Waals surface area contributed by atoms with Crippen molar-refractivity contribution in [3.63, 3.8) is 0 Å². The van der Waals surface area contributed by atoms with Crippen LogP contribution in [0.1, 0.15) is 30.4 Å². The zero-order chi connectivity index (χ0) is 15.3. The summed E-state index contributed by atoms with van der Waals surface area (Å²) in [6, 6.07) is 16.5. The molecule has 0 spiro atoms. The Balaban J connectivity index is 2.08. The summed E-state index contributed by atoms with van der Waals surface area (Å²) in [6.45, 7) is 4.11. The first kappa shape index (κ1) is 15.7. The van der Waals surface area contributed by atoms with E-state index in [4.69, 9.17) is 4.18 Å². The Bertz CT molecular complexity index is 661. The number of benzene rings is 2. The summed E-state index contributed by atoms with van der Waals surface area (Å²) in [7, 11) is -3.69. The standard InChI is InChI=1S/C17H20O3S/c1-3-15(16-7-5-4-6-8-16)13-20-21(18,19)17-11-9-14(2)10-12-17/h4-12,15H,3,13H2,1-2H3/t15-/m0/s1. The van der Waals surface area contributed by atoms with Crippen molar-refractivity contribution in [1.82, 2.24) is 0 Å². The van der Waals surface area contributed by atoms with Crippen molar-refractivity contribution in [2.75, 3.05) is 6.61 Å². The molecule has 0 saturated carbocycles. The lowest BCUT2D eigenvalue weighted by Gasteiger charge is -2.15. The fourth-order valence-electron chi connectivity index (χ4n) is 2.12. The van der Waals surface area contributed by atoms with Gasteiger partial charge in [-0.15, -0.1) is 0 Å².